The molecule has 2 aromatic carbocycles. The van der Waals surface area contributed by atoms with Gasteiger partial charge in [0.05, 0.1) is 19.4 Å². The first-order chi connectivity index (χ1) is 13.1. The SMILES string of the molecule is COc1cccc(C(=O)Nc2ccc(OCCBr)c(-c3ccnn3C)c2)c1. The van der Waals surface area contributed by atoms with Gasteiger partial charge >= 0.3 is 0 Å². The van der Waals surface area contributed by atoms with Gasteiger partial charge in [-0.2, -0.15) is 5.10 Å². The second-order valence-corrected chi connectivity index (χ2v) is 6.57. The summed E-state index contributed by atoms with van der Waals surface area (Å²) in [6.45, 7) is 0.542. The quantitative estimate of drug-likeness (QED) is 0.573. The Morgan fingerprint density at radius 2 is 2.07 bits per heavy atom. The van der Waals surface area contributed by atoms with E-state index in [1.165, 1.54) is 0 Å². The molecule has 0 saturated carbocycles. The summed E-state index contributed by atoms with van der Waals surface area (Å²) < 4.78 is 12.8. The number of methoxy groups -OCH3 is 1. The predicted molar refractivity (Wildman–Crippen MR) is 109 cm³/mol. The Bertz CT molecular complexity index is 940. The molecule has 3 rings (SSSR count). The highest BCUT2D eigenvalue weighted by Crippen LogP contribution is 2.32. The lowest BCUT2D eigenvalue weighted by Gasteiger charge is -2.14. The molecule has 0 fully saturated rings. The van der Waals surface area contributed by atoms with Crippen molar-refractivity contribution in [1.29, 1.82) is 0 Å². The number of nitrogens with zero attached hydrogens (tertiary/aromatic N) is 2. The summed E-state index contributed by atoms with van der Waals surface area (Å²) in [7, 11) is 3.44. The molecule has 0 unspecified atom stereocenters. The van der Waals surface area contributed by atoms with E-state index in [0.717, 1.165) is 22.3 Å². The van der Waals surface area contributed by atoms with Crippen molar-refractivity contribution in [3.05, 3.63) is 60.3 Å². The molecule has 3 aromatic rings. The van der Waals surface area contributed by atoms with Crippen LogP contribution in [0.25, 0.3) is 11.3 Å². The number of aryl methyl sites for hydroxylation is 1. The largest absolute Gasteiger partial charge is 0.497 e. The highest BCUT2D eigenvalue weighted by atomic mass is 79.9. The molecular formula is C20H20BrN3O3. The average Bonchev–Trinajstić information content (AvgIpc) is 3.12. The van der Waals surface area contributed by atoms with Crippen LogP contribution in [-0.4, -0.2) is 34.7 Å². The van der Waals surface area contributed by atoms with E-state index in [9.17, 15) is 4.79 Å². The molecule has 0 spiro atoms. The number of alkyl halides is 1. The zero-order chi connectivity index (χ0) is 19.2. The van der Waals surface area contributed by atoms with E-state index in [1.54, 1.807) is 42.3 Å². The number of rotatable bonds is 7. The number of hydrogen-bond donors (Lipinski definition) is 1. The van der Waals surface area contributed by atoms with Gasteiger partial charge in [0.15, 0.2) is 0 Å². The van der Waals surface area contributed by atoms with Gasteiger partial charge in [0.25, 0.3) is 5.91 Å². The van der Waals surface area contributed by atoms with Gasteiger partial charge in [0.1, 0.15) is 11.5 Å². The number of carbonyl (C=O) groups excluding carboxylic acids is 1. The summed E-state index contributed by atoms with van der Waals surface area (Å²) in [6, 6.07) is 14.5. The molecule has 0 saturated heterocycles. The van der Waals surface area contributed by atoms with Crippen LogP contribution in [0.5, 0.6) is 11.5 Å². The van der Waals surface area contributed by atoms with Gasteiger partial charge in [-0.25, -0.2) is 0 Å². The Hall–Kier alpha value is -2.80. The molecule has 0 aliphatic rings. The van der Waals surface area contributed by atoms with Crippen molar-refractivity contribution in [2.24, 2.45) is 7.05 Å². The molecule has 1 aromatic heterocycles. The van der Waals surface area contributed by atoms with Crippen LogP contribution in [0.3, 0.4) is 0 Å². The lowest BCUT2D eigenvalue weighted by atomic mass is 10.1. The third kappa shape index (κ3) is 4.49. The van der Waals surface area contributed by atoms with Crippen LogP contribution in [0, 0.1) is 0 Å². The molecule has 27 heavy (non-hydrogen) atoms. The normalized spacial score (nSPS) is 10.5. The summed E-state index contributed by atoms with van der Waals surface area (Å²) in [5, 5.41) is 7.88. The predicted octanol–water partition coefficient (Wildman–Crippen LogP) is 4.12. The lowest BCUT2D eigenvalue weighted by molar-refractivity contribution is 0.102. The highest BCUT2D eigenvalue weighted by molar-refractivity contribution is 9.09. The number of aromatic nitrogens is 2. The third-order valence-corrected chi connectivity index (χ3v) is 4.32. The van der Waals surface area contributed by atoms with E-state index in [0.29, 0.717) is 23.6 Å². The van der Waals surface area contributed by atoms with Gasteiger partial charge in [0, 0.05) is 35.4 Å². The Balaban J connectivity index is 1.89. The molecule has 0 aliphatic heterocycles. The Morgan fingerprint density at radius 3 is 2.78 bits per heavy atom. The number of nitrogens with one attached hydrogen (secondary N) is 1. The number of hydrogen-bond acceptors (Lipinski definition) is 4. The Morgan fingerprint density at radius 1 is 1.22 bits per heavy atom. The Labute approximate surface area is 166 Å². The number of benzene rings is 2. The van der Waals surface area contributed by atoms with E-state index < -0.39 is 0 Å². The van der Waals surface area contributed by atoms with Crippen molar-refractivity contribution in [2.75, 3.05) is 24.4 Å². The highest BCUT2D eigenvalue weighted by Gasteiger charge is 2.13. The molecule has 0 bridgehead atoms. The zero-order valence-electron chi connectivity index (χ0n) is 15.1. The molecule has 0 radical (unpaired) electrons. The first-order valence-electron chi connectivity index (χ1n) is 8.39. The summed E-state index contributed by atoms with van der Waals surface area (Å²) in [5.41, 5.74) is 2.96. The van der Waals surface area contributed by atoms with Gasteiger partial charge in [-0.05, 0) is 42.5 Å². The van der Waals surface area contributed by atoms with Crippen molar-refractivity contribution in [3.8, 4) is 22.8 Å². The minimum atomic E-state index is -0.209. The Kier molecular flexibility index (Phi) is 6.13. The number of ether oxygens (including phenoxy) is 2. The zero-order valence-corrected chi connectivity index (χ0v) is 16.7. The monoisotopic (exact) mass is 429 g/mol. The van der Waals surface area contributed by atoms with E-state index >= 15 is 0 Å². The van der Waals surface area contributed by atoms with E-state index in [1.807, 2.05) is 31.3 Å². The van der Waals surface area contributed by atoms with Gasteiger partial charge in [-0.15, -0.1) is 0 Å². The summed E-state index contributed by atoms with van der Waals surface area (Å²) in [6.07, 6.45) is 1.73. The van der Waals surface area contributed by atoms with Crippen molar-refractivity contribution >= 4 is 27.5 Å². The third-order valence-electron chi connectivity index (χ3n) is 4.00. The summed E-state index contributed by atoms with van der Waals surface area (Å²) >= 11 is 3.37. The van der Waals surface area contributed by atoms with Gasteiger partial charge in [-0.1, -0.05) is 22.0 Å². The van der Waals surface area contributed by atoms with Crippen molar-refractivity contribution < 1.29 is 14.3 Å². The fraction of sp³-hybridized carbons (Fsp3) is 0.200. The summed E-state index contributed by atoms with van der Waals surface area (Å²) in [4.78, 5) is 12.6. The van der Waals surface area contributed by atoms with Crippen LogP contribution in [-0.2, 0) is 7.05 Å². The number of anilines is 1. The molecule has 140 valence electrons. The molecule has 1 heterocycles. The minimum absolute atomic E-state index is 0.209. The maximum atomic E-state index is 12.6. The van der Waals surface area contributed by atoms with E-state index in [-0.39, 0.29) is 5.91 Å². The van der Waals surface area contributed by atoms with Crippen LogP contribution >= 0.6 is 15.9 Å². The van der Waals surface area contributed by atoms with Gasteiger partial charge in [0.2, 0.25) is 0 Å². The molecule has 0 atom stereocenters. The molecule has 7 heteroatoms. The second-order valence-electron chi connectivity index (χ2n) is 5.77. The molecule has 1 N–H and O–H groups in total. The average molecular weight is 430 g/mol. The fourth-order valence-electron chi connectivity index (χ4n) is 2.69. The number of carbonyl (C=O) groups is 1. The van der Waals surface area contributed by atoms with Crippen LogP contribution in [0.15, 0.2) is 54.7 Å². The summed E-state index contributed by atoms with van der Waals surface area (Å²) in [5.74, 6) is 1.16. The smallest absolute Gasteiger partial charge is 0.255 e. The van der Waals surface area contributed by atoms with Crippen molar-refractivity contribution in [1.82, 2.24) is 9.78 Å². The molecule has 1 amide bonds. The second kappa shape index (κ2) is 8.73. The first kappa shape index (κ1) is 19.0. The molecular weight excluding hydrogens is 410 g/mol. The molecule has 0 aliphatic carbocycles. The topological polar surface area (TPSA) is 65.4 Å². The van der Waals surface area contributed by atoms with Gasteiger partial charge < -0.3 is 14.8 Å². The standard InChI is InChI=1S/C20H20BrN3O3/c1-24-18(8-10-22-24)17-13-15(6-7-19(17)27-11-9-21)23-20(25)14-4-3-5-16(12-14)26-2/h3-8,10,12-13H,9,11H2,1-2H3,(H,23,25). The lowest BCUT2D eigenvalue weighted by Crippen LogP contribution is -2.12. The van der Waals surface area contributed by atoms with E-state index in [2.05, 4.69) is 26.3 Å². The van der Waals surface area contributed by atoms with Crippen LogP contribution in [0.2, 0.25) is 0 Å². The van der Waals surface area contributed by atoms with Crippen LogP contribution in [0.1, 0.15) is 10.4 Å². The van der Waals surface area contributed by atoms with Crippen molar-refractivity contribution in [3.63, 3.8) is 0 Å². The van der Waals surface area contributed by atoms with Crippen molar-refractivity contribution in [2.45, 2.75) is 0 Å². The maximum Gasteiger partial charge on any atom is 0.255 e. The first-order valence-corrected chi connectivity index (χ1v) is 9.51. The number of halogens is 1. The minimum Gasteiger partial charge on any atom is -0.497 e. The van der Waals surface area contributed by atoms with Gasteiger partial charge in [-0.3, -0.25) is 9.48 Å². The number of amides is 1. The van der Waals surface area contributed by atoms with Crippen LogP contribution in [0.4, 0.5) is 5.69 Å². The van der Waals surface area contributed by atoms with E-state index in [4.69, 9.17) is 9.47 Å². The van der Waals surface area contributed by atoms with Crippen LogP contribution < -0.4 is 14.8 Å². The molecule has 6 nitrogen and oxygen atoms in total. The maximum absolute atomic E-state index is 12.6. The fourth-order valence-corrected chi connectivity index (χ4v) is 2.85.